The topological polar surface area (TPSA) is 40.7 Å². The standard InChI is InChI=1S/C8H9N3/c1-9-8-4-6-2-3-10-5-7(6)11-8/h2-5,9,11H,1H3. The maximum absolute atomic E-state index is 4.00. The van der Waals surface area contributed by atoms with Crippen LogP contribution in [0.1, 0.15) is 0 Å². The van der Waals surface area contributed by atoms with Gasteiger partial charge in [0.1, 0.15) is 5.82 Å². The Bertz CT molecular complexity index is 331. The molecule has 2 rings (SSSR count). The lowest BCUT2D eigenvalue weighted by Gasteiger charge is -1.88. The molecule has 0 bridgehead atoms. The molecule has 2 aromatic rings. The predicted octanol–water partition coefficient (Wildman–Crippen LogP) is 1.60. The van der Waals surface area contributed by atoms with E-state index in [2.05, 4.69) is 21.4 Å². The van der Waals surface area contributed by atoms with Crippen molar-refractivity contribution >= 4 is 16.7 Å². The number of nitrogens with zero attached hydrogens (tertiary/aromatic N) is 1. The summed E-state index contributed by atoms with van der Waals surface area (Å²) in [5.41, 5.74) is 1.07. The zero-order valence-electron chi connectivity index (χ0n) is 6.26. The number of aromatic amines is 1. The molecule has 0 aliphatic carbocycles. The normalized spacial score (nSPS) is 10.3. The van der Waals surface area contributed by atoms with E-state index in [0.717, 1.165) is 11.3 Å². The molecule has 0 aromatic carbocycles. The summed E-state index contributed by atoms with van der Waals surface area (Å²) in [6, 6.07) is 4.03. The summed E-state index contributed by atoms with van der Waals surface area (Å²) in [5.74, 6) is 1.02. The molecule has 56 valence electrons. The van der Waals surface area contributed by atoms with Crippen molar-refractivity contribution in [3.05, 3.63) is 24.5 Å². The lowest BCUT2D eigenvalue weighted by molar-refractivity contribution is 1.33. The van der Waals surface area contributed by atoms with E-state index in [-0.39, 0.29) is 0 Å². The van der Waals surface area contributed by atoms with Crippen molar-refractivity contribution < 1.29 is 0 Å². The Balaban J connectivity index is 2.69. The van der Waals surface area contributed by atoms with Crippen molar-refractivity contribution in [1.29, 1.82) is 0 Å². The van der Waals surface area contributed by atoms with Crippen LogP contribution in [0.25, 0.3) is 10.9 Å². The van der Waals surface area contributed by atoms with Crippen molar-refractivity contribution in [1.82, 2.24) is 9.97 Å². The Kier molecular flexibility index (Phi) is 1.28. The summed E-state index contributed by atoms with van der Waals surface area (Å²) in [7, 11) is 1.89. The van der Waals surface area contributed by atoms with Gasteiger partial charge in [0.05, 0.1) is 11.7 Å². The van der Waals surface area contributed by atoms with E-state index in [0.29, 0.717) is 0 Å². The van der Waals surface area contributed by atoms with Crippen molar-refractivity contribution in [2.75, 3.05) is 12.4 Å². The number of rotatable bonds is 1. The molecule has 2 N–H and O–H groups in total. The van der Waals surface area contributed by atoms with Crippen molar-refractivity contribution in [2.45, 2.75) is 0 Å². The molecule has 0 amide bonds. The number of hydrogen-bond donors (Lipinski definition) is 2. The molecule has 0 spiro atoms. The van der Waals surface area contributed by atoms with E-state index in [4.69, 9.17) is 0 Å². The van der Waals surface area contributed by atoms with Crippen LogP contribution < -0.4 is 5.32 Å². The quantitative estimate of drug-likeness (QED) is 0.643. The highest BCUT2D eigenvalue weighted by atomic mass is 15.0. The minimum absolute atomic E-state index is 1.02. The number of fused-ring (bicyclic) bond motifs is 1. The smallest absolute Gasteiger partial charge is 0.104 e. The highest BCUT2D eigenvalue weighted by molar-refractivity contribution is 5.82. The molecule has 0 unspecified atom stereocenters. The van der Waals surface area contributed by atoms with Gasteiger partial charge in [0, 0.05) is 18.6 Å². The molecule has 0 atom stereocenters. The Morgan fingerprint density at radius 2 is 2.45 bits per heavy atom. The van der Waals surface area contributed by atoms with Gasteiger partial charge in [-0.1, -0.05) is 0 Å². The highest BCUT2D eigenvalue weighted by Gasteiger charge is 1.95. The van der Waals surface area contributed by atoms with Crippen molar-refractivity contribution in [3.63, 3.8) is 0 Å². The van der Waals surface area contributed by atoms with Gasteiger partial charge in [0.15, 0.2) is 0 Å². The van der Waals surface area contributed by atoms with E-state index in [9.17, 15) is 0 Å². The predicted molar refractivity (Wildman–Crippen MR) is 45.6 cm³/mol. The van der Waals surface area contributed by atoms with Crippen LogP contribution >= 0.6 is 0 Å². The zero-order valence-corrected chi connectivity index (χ0v) is 6.26. The maximum Gasteiger partial charge on any atom is 0.104 e. The molecule has 0 saturated carbocycles. The van der Waals surface area contributed by atoms with Crippen LogP contribution in [-0.4, -0.2) is 17.0 Å². The Labute approximate surface area is 64.5 Å². The molecule has 0 aliphatic rings. The second-order valence-corrected chi connectivity index (χ2v) is 2.40. The van der Waals surface area contributed by atoms with Gasteiger partial charge in [0.2, 0.25) is 0 Å². The van der Waals surface area contributed by atoms with Crippen LogP contribution in [-0.2, 0) is 0 Å². The van der Waals surface area contributed by atoms with Gasteiger partial charge in [-0.05, 0) is 12.1 Å². The van der Waals surface area contributed by atoms with Crippen LogP contribution in [0.3, 0.4) is 0 Å². The second kappa shape index (κ2) is 2.27. The van der Waals surface area contributed by atoms with Crippen LogP contribution in [0, 0.1) is 0 Å². The lowest BCUT2D eigenvalue weighted by Crippen LogP contribution is -1.85. The number of nitrogens with one attached hydrogen (secondary N) is 2. The molecule has 3 nitrogen and oxygen atoms in total. The first kappa shape index (κ1) is 6.22. The fourth-order valence-electron chi connectivity index (χ4n) is 1.11. The average Bonchev–Trinajstić information content (AvgIpc) is 2.46. The SMILES string of the molecule is CNc1cc2ccncc2[nH]1. The van der Waals surface area contributed by atoms with Crippen LogP contribution in [0.5, 0.6) is 0 Å². The summed E-state index contributed by atoms with van der Waals surface area (Å²) < 4.78 is 0. The Hall–Kier alpha value is -1.51. The number of aromatic nitrogens is 2. The number of hydrogen-bond acceptors (Lipinski definition) is 2. The summed E-state index contributed by atoms with van der Waals surface area (Å²) in [5, 5.41) is 4.22. The van der Waals surface area contributed by atoms with E-state index in [1.807, 2.05) is 19.3 Å². The number of anilines is 1. The third-order valence-corrected chi connectivity index (χ3v) is 1.69. The first-order valence-electron chi connectivity index (χ1n) is 3.50. The third-order valence-electron chi connectivity index (χ3n) is 1.69. The van der Waals surface area contributed by atoms with Gasteiger partial charge in [-0.2, -0.15) is 0 Å². The first-order chi connectivity index (χ1) is 5.40. The summed E-state index contributed by atoms with van der Waals surface area (Å²) >= 11 is 0. The van der Waals surface area contributed by atoms with Crippen LogP contribution in [0.2, 0.25) is 0 Å². The Morgan fingerprint density at radius 1 is 1.55 bits per heavy atom. The fraction of sp³-hybridized carbons (Fsp3) is 0.125. The molecule has 2 aromatic heterocycles. The van der Waals surface area contributed by atoms with E-state index >= 15 is 0 Å². The largest absolute Gasteiger partial charge is 0.375 e. The maximum atomic E-state index is 4.00. The van der Waals surface area contributed by atoms with E-state index in [1.54, 1.807) is 6.20 Å². The molecule has 2 heterocycles. The van der Waals surface area contributed by atoms with Gasteiger partial charge >= 0.3 is 0 Å². The molecule has 0 aliphatic heterocycles. The van der Waals surface area contributed by atoms with Crippen LogP contribution in [0.4, 0.5) is 5.82 Å². The highest BCUT2D eigenvalue weighted by Crippen LogP contribution is 2.15. The monoisotopic (exact) mass is 147 g/mol. The molecule has 0 radical (unpaired) electrons. The Morgan fingerprint density at radius 3 is 3.18 bits per heavy atom. The molecular weight excluding hydrogens is 138 g/mol. The summed E-state index contributed by atoms with van der Waals surface area (Å²) in [6.45, 7) is 0. The molecule has 3 heteroatoms. The average molecular weight is 147 g/mol. The van der Waals surface area contributed by atoms with Crippen LogP contribution in [0.15, 0.2) is 24.5 Å². The van der Waals surface area contributed by atoms with E-state index in [1.165, 1.54) is 5.39 Å². The zero-order chi connectivity index (χ0) is 7.68. The van der Waals surface area contributed by atoms with Gasteiger partial charge in [-0.3, -0.25) is 4.98 Å². The molecule has 0 saturated heterocycles. The minimum Gasteiger partial charge on any atom is -0.375 e. The molecule has 0 fully saturated rings. The summed E-state index contributed by atoms with van der Waals surface area (Å²) in [6.07, 6.45) is 3.60. The van der Waals surface area contributed by atoms with Gasteiger partial charge in [-0.25, -0.2) is 0 Å². The van der Waals surface area contributed by atoms with Crippen molar-refractivity contribution in [3.8, 4) is 0 Å². The molecule has 11 heavy (non-hydrogen) atoms. The minimum atomic E-state index is 1.02. The lowest BCUT2D eigenvalue weighted by atomic mass is 10.3. The van der Waals surface area contributed by atoms with Gasteiger partial charge in [0.25, 0.3) is 0 Å². The number of pyridine rings is 1. The summed E-state index contributed by atoms with van der Waals surface area (Å²) in [4.78, 5) is 7.17. The number of H-pyrrole nitrogens is 1. The third kappa shape index (κ3) is 0.941. The van der Waals surface area contributed by atoms with E-state index < -0.39 is 0 Å². The fourth-order valence-corrected chi connectivity index (χ4v) is 1.11. The van der Waals surface area contributed by atoms with Gasteiger partial charge in [-0.15, -0.1) is 0 Å². The second-order valence-electron chi connectivity index (χ2n) is 2.40. The first-order valence-corrected chi connectivity index (χ1v) is 3.50. The molecular formula is C8H9N3. The van der Waals surface area contributed by atoms with Gasteiger partial charge < -0.3 is 10.3 Å². The van der Waals surface area contributed by atoms with Crippen molar-refractivity contribution in [2.24, 2.45) is 0 Å².